The summed E-state index contributed by atoms with van der Waals surface area (Å²) in [6.07, 6.45) is -2.89. The maximum absolute atomic E-state index is 12.3. The number of hydrogen-bond acceptors (Lipinski definition) is 2. The third-order valence-corrected chi connectivity index (χ3v) is 1.67. The van der Waals surface area contributed by atoms with Crippen molar-refractivity contribution in [3.63, 3.8) is 0 Å². The summed E-state index contributed by atoms with van der Waals surface area (Å²) < 4.78 is 36.9. The van der Waals surface area contributed by atoms with Crippen molar-refractivity contribution >= 4 is 6.21 Å². The average molecular weight is 217 g/mol. The van der Waals surface area contributed by atoms with Gasteiger partial charge in [-0.3, -0.25) is 0 Å². The quantitative estimate of drug-likeness (QED) is 0.562. The van der Waals surface area contributed by atoms with E-state index < -0.39 is 11.7 Å². The first kappa shape index (κ1) is 11.6. The lowest BCUT2D eigenvalue weighted by atomic mass is 10.1. The van der Waals surface area contributed by atoms with E-state index in [9.17, 15) is 13.2 Å². The van der Waals surface area contributed by atoms with Crippen LogP contribution in [-0.4, -0.2) is 6.21 Å². The molecule has 0 saturated carbocycles. The molecule has 0 aliphatic heterocycles. The molecule has 82 valence electrons. The number of benzene rings is 1. The lowest BCUT2D eigenvalue weighted by molar-refractivity contribution is -0.137. The van der Waals surface area contributed by atoms with Crippen LogP contribution in [0.5, 0.6) is 0 Å². The highest BCUT2D eigenvalue weighted by atomic mass is 19.4. The average Bonchev–Trinajstić information content (AvgIpc) is 2.17. The molecule has 0 bridgehead atoms. The second kappa shape index (κ2) is 4.82. The van der Waals surface area contributed by atoms with Crippen LogP contribution < -0.4 is 0 Å². The Morgan fingerprint density at radius 2 is 2.13 bits per heavy atom. The molecule has 0 aromatic heterocycles. The molecule has 15 heavy (non-hydrogen) atoms. The maximum Gasteiger partial charge on any atom is 0.416 e. The van der Waals surface area contributed by atoms with Crippen LogP contribution in [0.15, 0.2) is 29.4 Å². The van der Waals surface area contributed by atoms with E-state index in [4.69, 9.17) is 4.84 Å². The summed E-state index contributed by atoms with van der Waals surface area (Å²) in [4.78, 5) is 4.74. The molecule has 0 aliphatic carbocycles. The largest absolute Gasteiger partial charge is 0.416 e. The summed E-state index contributed by atoms with van der Waals surface area (Å²) in [5.74, 6) is 0. The number of alkyl halides is 3. The standard InChI is InChI=1S/C10H10F3NO/c1-2-14-15-7-8-4-3-5-9(6-8)10(11,12)13/h2-6H,7H2,1H3/b14-2+. The molecule has 0 saturated heterocycles. The molecule has 0 heterocycles. The Morgan fingerprint density at radius 1 is 1.40 bits per heavy atom. The predicted octanol–water partition coefficient (Wildman–Crippen LogP) is 3.23. The van der Waals surface area contributed by atoms with E-state index in [0.717, 1.165) is 12.1 Å². The Labute approximate surface area is 85.4 Å². The Hall–Kier alpha value is -1.52. The molecule has 0 unspecified atom stereocenters. The SMILES string of the molecule is C/C=N/OCc1cccc(C(F)(F)F)c1. The van der Waals surface area contributed by atoms with Gasteiger partial charge in [0.05, 0.1) is 5.56 Å². The fraction of sp³-hybridized carbons (Fsp3) is 0.300. The third-order valence-electron chi connectivity index (χ3n) is 1.67. The Bertz CT molecular complexity index is 347. The van der Waals surface area contributed by atoms with Crippen molar-refractivity contribution in [3.05, 3.63) is 35.4 Å². The van der Waals surface area contributed by atoms with E-state index in [-0.39, 0.29) is 6.61 Å². The van der Waals surface area contributed by atoms with E-state index in [0.29, 0.717) is 5.56 Å². The molecule has 1 aromatic carbocycles. The number of halogens is 3. The van der Waals surface area contributed by atoms with E-state index in [1.54, 1.807) is 13.0 Å². The van der Waals surface area contributed by atoms with Gasteiger partial charge in [-0.25, -0.2) is 0 Å². The summed E-state index contributed by atoms with van der Waals surface area (Å²) in [7, 11) is 0. The number of hydrogen-bond donors (Lipinski definition) is 0. The second-order valence-electron chi connectivity index (χ2n) is 2.84. The summed E-state index contributed by atoms with van der Waals surface area (Å²) in [5, 5.41) is 3.45. The van der Waals surface area contributed by atoms with Gasteiger partial charge in [0.25, 0.3) is 0 Å². The van der Waals surface area contributed by atoms with Crippen molar-refractivity contribution in [3.8, 4) is 0 Å². The molecule has 5 heteroatoms. The van der Waals surface area contributed by atoms with Gasteiger partial charge in [0.15, 0.2) is 0 Å². The van der Waals surface area contributed by atoms with Crippen LogP contribution in [0, 0.1) is 0 Å². The van der Waals surface area contributed by atoms with Crippen LogP contribution in [0.1, 0.15) is 18.1 Å². The Balaban J connectivity index is 2.75. The number of nitrogens with zero attached hydrogens (tertiary/aromatic N) is 1. The zero-order chi connectivity index (χ0) is 11.3. The summed E-state index contributed by atoms with van der Waals surface area (Å²) in [6.45, 7) is 1.69. The smallest absolute Gasteiger partial charge is 0.391 e. The minimum atomic E-state index is -4.32. The van der Waals surface area contributed by atoms with Crippen molar-refractivity contribution in [2.24, 2.45) is 5.16 Å². The molecule has 1 rings (SSSR count). The molecule has 0 spiro atoms. The van der Waals surface area contributed by atoms with Gasteiger partial charge < -0.3 is 4.84 Å². The van der Waals surface area contributed by atoms with E-state index in [1.807, 2.05) is 0 Å². The molecule has 2 nitrogen and oxygen atoms in total. The van der Waals surface area contributed by atoms with Gasteiger partial charge in [0.1, 0.15) is 6.61 Å². The Morgan fingerprint density at radius 3 is 2.73 bits per heavy atom. The van der Waals surface area contributed by atoms with Crippen LogP contribution in [-0.2, 0) is 17.6 Å². The third kappa shape index (κ3) is 3.61. The van der Waals surface area contributed by atoms with Crippen molar-refractivity contribution in [1.29, 1.82) is 0 Å². The Kier molecular flexibility index (Phi) is 3.71. The van der Waals surface area contributed by atoms with Crippen LogP contribution in [0.2, 0.25) is 0 Å². The lowest BCUT2D eigenvalue weighted by Gasteiger charge is -2.07. The second-order valence-corrected chi connectivity index (χ2v) is 2.84. The minimum Gasteiger partial charge on any atom is -0.391 e. The first-order chi connectivity index (χ1) is 7.04. The predicted molar refractivity (Wildman–Crippen MR) is 50.4 cm³/mol. The molecule has 0 amide bonds. The van der Waals surface area contributed by atoms with E-state index in [2.05, 4.69) is 5.16 Å². The highest BCUT2D eigenvalue weighted by molar-refractivity contribution is 5.52. The molecule has 0 N–H and O–H groups in total. The first-order valence-corrected chi connectivity index (χ1v) is 4.30. The van der Waals surface area contributed by atoms with Crippen molar-refractivity contribution in [1.82, 2.24) is 0 Å². The monoisotopic (exact) mass is 217 g/mol. The first-order valence-electron chi connectivity index (χ1n) is 4.30. The van der Waals surface area contributed by atoms with Gasteiger partial charge in [0.2, 0.25) is 0 Å². The van der Waals surface area contributed by atoms with Crippen molar-refractivity contribution in [2.45, 2.75) is 19.7 Å². The molecule has 0 aliphatic rings. The zero-order valence-corrected chi connectivity index (χ0v) is 8.08. The lowest BCUT2D eigenvalue weighted by Crippen LogP contribution is -2.05. The van der Waals surface area contributed by atoms with Gasteiger partial charge in [-0.2, -0.15) is 13.2 Å². The summed E-state index contributed by atoms with van der Waals surface area (Å²) >= 11 is 0. The summed E-state index contributed by atoms with van der Waals surface area (Å²) in [5.41, 5.74) is -0.237. The van der Waals surface area contributed by atoms with E-state index >= 15 is 0 Å². The summed E-state index contributed by atoms with van der Waals surface area (Å²) in [6, 6.07) is 4.97. The van der Waals surface area contributed by atoms with Crippen LogP contribution >= 0.6 is 0 Å². The topological polar surface area (TPSA) is 21.6 Å². The molecule has 1 aromatic rings. The molecule has 0 radical (unpaired) electrons. The van der Waals surface area contributed by atoms with Gasteiger partial charge in [-0.1, -0.05) is 17.3 Å². The van der Waals surface area contributed by atoms with Gasteiger partial charge in [-0.05, 0) is 24.6 Å². The highest BCUT2D eigenvalue weighted by Gasteiger charge is 2.30. The van der Waals surface area contributed by atoms with Gasteiger partial charge in [-0.15, -0.1) is 0 Å². The van der Waals surface area contributed by atoms with Crippen molar-refractivity contribution in [2.75, 3.05) is 0 Å². The molecule has 0 atom stereocenters. The number of rotatable bonds is 3. The minimum absolute atomic E-state index is 0.0360. The van der Waals surface area contributed by atoms with Gasteiger partial charge >= 0.3 is 6.18 Å². The highest BCUT2D eigenvalue weighted by Crippen LogP contribution is 2.29. The van der Waals surface area contributed by atoms with Crippen LogP contribution in [0.3, 0.4) is 0 Å². The van der Waals surface area contributed by atoms with Crippen LogP contribution in [0.4, 0.5) is 13.2 Å². The van der Waals surface area contributed by atoms with Crippen LogP contribution in [0.25, 0.3) is 0 Å². The van der Waals surface area contributed by atoms with E-state index in [1.165, 1.54) is 12.3 Å². The van der Waals surface area contributed by atoms with Crippen molar-refractivity contribution < 1.29 is 18.0 Å². The fourth-order valence-corrected chi connectivity index (χ4v) is 1.02. The molecular weight excluding hydrogens is 207 g/mol. The molecular formula is C10H10F3NO. The molecule has 0 fully saturated rings. The zero-order valence-electron chi connectivity index (χ0n) is 8.08. The fourth-order valence-electron chi connectivity index (χ4n) is 1.02. The van der Waals surface area contributed by atoms with Gasteiger partial charge in [0, 0.05) is 6.21 Å². The maximum atomic E-state index is 12.3. The number of oxime groups is 1. The normalized spacial score (nSPS) is 12.0.